The molecule has 16 heavy (non-hydrogen) atoms. The summed E-state index contributed by atoms with van der Waals surface area (Å²) in [5.74, 6) is 3.73. The minimum atomic E-state index is 0.717. The number of nitrogens with one attached hydrogen (secondary N) is 1. The van der Waals surface area contributed by atoms with Crippen LogP contribution in [-0.2, 0) is 0 Å². The first-order chi connectivity index (χ1) is 7.72. The van der Waals surface area contributed by atoms with Gasteiger partial charge in [0.15, 0.2) is 0 Å². The van der Waals surface area contributed by atoms with Crippen molar-refractivity contribution in [2.45, 2.75) is 52.0 Å². The molecule has 0 amide bonds. The summed E-state index contributed by atoms with van der Waals surface area (Å²) in [6, 6.07) is 0.717. The lowest BCUT2D eigenvalue weighted by Gasteiger charge is -2.27. The van der Waals surface area contributed by atoms with Crippen LogP contribution < -0.4 is 5.32 Å². The Balaban J connectivity index is 2.27. The summed E-state index contributed by atoms with van der Waals surface area (Å²) in [5.41, 5.74) is 1.32. The molecule has 0 aromatic heterocycles. The maximum absolute atomic E-state index is 4.00. The molecule has 1 saturated heterocycles. The van der Waals surface area contributed by atoms with Crippen LogP contribution >= 0.6 is 11.8 Å². The highest BCUT2D eigenvalue weighted by atomic mass is 32.2. The van der Waals surface area contributed by atoms with Crippen molar-refractivity contribution in [1.82, 2.24) is 5.32 Å². The lowest BCUT2D eigenvalue weighted by molar-refractivity contribution is 0.355. The van der Waals surface area contributed by atoms with Gasteiger partial charge >= 0.3 is 0 Å². The largest absolute Gasteiger partial charge is 0.314 e. The van der Waals surface area contributed by atoms with E-state index in [0.29, 0.717) is 0 Å². The van der Waals surface area contributed by atoms with Crippen LogP contribution in [0.15, 0.2) is 12.2 Å². The molecule has 1 nitrogen and oxygen atoms in total. The molecule has 1 aliphatic rings. The van der Waals surface area contributed by atoms with Gasteiger partial charge in [0.05, 0.1) is 0 Å². The Bertz CT molecular complexity index is 197. The van der Waals surface area contributed by atoms with Crippen molar-refractivity contribution in [3.8, 4) is 0 Å². The first-order valence-electron chi connectivity index (χ1n) is 6.68. The van der Waals surface area contributed by atoms with Gasteiger partial charge in [-0.05, 0) is 63.0 Å². The summed E-state index contributed by atoms with van der Waals surface area (Å²) in [7, 11) is 0. The minimum Gasteiger partial charge on any atom is -0.314 e. The molecule has 1 rings (SSSR count). The number of rotatable bonds is 7. The summed E-state index contributed by atoms with van der Waals surface area (Å²) in [6.07, 6.45) is 6.69. The number of hydrogen-bond acceptors (Lipinski definition) is 2. The Hall–Kier alpha value is 0.0500. The topological polar surface area (TPSA) is 12.0 Å². The first-order valence-corrected chi connectivity index (χ1v) is 7.83. The average molecular weight is 241 g/mol. The van der Waals surface area contributed by atoms with Gasteiger partial charge in [-0.15, -0.1) is 6.58 Å². The molecule has 0 spiro atoms. The smallest absolute Gasteiger partial charge is 0.00726 e. The van der Waals surface area contributed by atoms with Gasteiger partial charge in [0, 0.05) is 6.04 Å². The zero-order valence-electron chi connectivity index (χ0n) is 10.9. The van der Waals surface area contributed by atoms with Crippen molar-refractivity contribution in [1.29, 1.82) is 0 Å². The lowest BCUT2D eigenvalue weighted by atomic mass is 9.91. The zero-order chi connectivity index (χ0) is 11.8. The molecular formula is C14H27NS. The fourth-order valence-electron chi connectivity index (χ4n) is 2.40. The van der Waals surface area contributed by atoms with E-state index in [1.165, 1.54) is 49.2 Å². The molecule has 0 aliphatic carbocycles. The molecule has 0 saturated carbocycles. The Morgan fingerprint density at radius 1 is 1.44 bits per heavy atom. The molecule has 1 aliphatic heterocycles. The number of thioether (sulfide) groups is 1. The average Bonchev–Trinajstić information content (AvgIpc) is 2.27. The molecule has 0 aromatic carbocycles. The number of allylic oxidation sites excluding steroid dienone is 1. The van der Waals surface area contributed by atoms with Crippen molar-refractivity contribution in [2.24, 2.45) is 5.92 Å². The molecule has 1 heterocycles. The zero-order valence-corrected chi connectivity index (χ0v) is 11.7. The van der Waals surface area contributed by atoms with E-state index in [1.807, 2.05) is 0 Å². The van der Waals surface area contributed by atoms with Crippen LogP contribution in [0.4, 0.5) is 0 Å². The van der Waals surface area contributed by atoms with E-state index in [-0.39, 0.29) is 0 Å². The summed E-state index contributed by atoms with van der Waals surface area (Å²) in [6.45, 7) is 9.45. The van der Waals surface area contributed by atoms with Crippen molar-refractivity contribution < 1.29 is 0 Å². The summed E-state index contributed by atoms with van der Waals surface area (Å²) < 4.78 is 0. The van der Waals surface area contributed by atoms with Crippen LogP contribution in [0.1, 0.15) is 46.0 Å². The van der Waals surface area contributed by atoms with Gasteiger partial charge in [-0.1, -0.05) is 12.5 Å². The Morgan fingerprint density at radius 3 is 2.69 bits per heavy atom. The van der Waals surface area contributed by atoms with Gasteiger partial charge in [-0.25, -0.2) is 0 Å². The van der Waals surface area contributed by atoms with Crippen molar-refractivity contribution in [3.05, 3.63) is 12.2 Å². The van der Waals surface area contributed by atoms with E-state index in [0.717, 1.165) is 18.5 Å². The van der Waals surface area contributed by atoms with Gasteiger partial charge in [0.2, 0.25) is 0 Å². The van der Waals surface area contributed by atoms with Gasteiger partial charge in [0.25, 0.3) is 0 Å². The van der Waals surface area contributed by atoms with Crippen LogP contribution in [0.25, 0.3) is 0 Å². The Labute approximate surface area is 105 Å². The maximum Gasteiger partial charge on any atom is 0.00726 e. The highest BCUT2D eigenvalue weighted by molar-refractivity contribution is 7.99. The van der Waals surface area contributed by atoms with Crippen molar-refractivity contribution >= 4 is 11.8 Å². The number of hydrogen-bond donors (Lipinski definition) is 1. The van der Waals surface area contributed by atoms with Gasteiger partial charge in [-0.3, -0.25) is 0 Å². The van der Waals surface area contributed by atoms with Crippen LogP contribution in [-0.4, -0.2) is 24.1 Å². The summed E-state index contributed by atoms with van der Waals surface area (Å²) in [5, 5.41) is 3.64. The van der Waals surface area contributed by atoms with Gasteiger partial charge in [0.1, 0.15) is 0 Å². The van der Waals surface area contributed by atoms with E-state index in [9.17, 15) is 0 Å². The third-order valence-corrected chi connectivity index (χ3v) is 4.42. The Morgan fingerprint density at radius 2 is 2.12 bits per heavy atom. The van der Waals surface area contributed by atoms with Crippen LogP contribution in [0, 0.1) is 5.92 Å². The van der Waals surface area contributed by atoms with Crippen LogP contribution in [0.2, 0.25) is 0 Å². The summed E-state index contributed by atoms with van der Waals surface area (Å²) in [4.78, 5) is 0. The summed E-state index contributed by atoms with van der Waals surface area (Å²) >= 11 is 2.12. The first kappa shape index (κ1) is 14.1. The van der Waals surface area contributed by atoms with Crippen molar-refractivity contribution in [3.63, 3.8) is 0 Å². The van der Waals surface area contributed by atoms with Gasteiger partial charge in [-0.2, -0.15) is 11.8 Å². The van der Waals surface area contributed by atoms with E-state index in [2.05, 4.69) is 37.5 Å². The second-order valence-electron chi connectivity index (χ2n) is 5.04. The molecule has 0 bridgehead atoms. The molecule has 1 atom stereocenters. The quantitative estimate of drug-likeness (QED) is 0.679. The van der Waals surface area contributed by atoms with Gasteiger partial charge < -0.3 is 5.32 Å². The molecule has 1 fully saturated rings. The van der Waals surface area contributed by atoms with E-state index in [4.69, 9.17) is 0 Å². The molecular weight excluding hydrogens is 214 g/mol. The third-order valence-electron chi connectivity index (χ3n) is 3.37. The highest BCUT2D eigenvalue weighted by Crippen LogP contribution is 2.27. The third kappa shape index (κ3) is 5.95. The second-order valence-corrected chi connectivity index (χ2v) is 6.27. The minimum absolute atomic E-state index is 0.717. The molecule has 1 N–H and O–H groups in total. The standard InChI is InChI=1S/C14H27NS/c1-4-15-14(6-5-12(2)3)11-13-7-9-16-10-8-13/h13-15H,2,4-11H2,1,3H3. The highest BCUT2D eigenvalue weighted by Gasteiger charge is 2.18. The maximum atomic E-state index is 4.00. The van der Waals surface area contributed by atoms with E-state index >= 15 is 0 Å². The predicted octanol–water partition coefficient (Wildman–Crippen LogP) is 3.85. The lowest BCUT2D eigenvalue weighted by Crippen LogP contribution is -2.32. The fraction of sp³-hybridized carbons (Fsp3) is 0.857. The SMILES string of the molecule is C=C(C)CCC(CC1CCSCC1)NCC. The molecule has 94 valence electrons. The second kappa shape index (κ2) is 8.19. The predicted molar refractivity (Wildman–Crippen MR) is 76.2 cm³/mol. The molecule has 1 unspecified atom stereocenters. The monoisotopic (exact) mass is 241 g/mol. The van der Waals surface area contributed by atoms with Crippen LogP contribution in [0.5, 0.6) is 0 Å². The fourth-order valence-corrected chi connectivity index (χ4v) is 3.60. The van der Waals surface area contributed by atoms with E-state index in [1.54, 1.807) is 0 Å². The van der Waals surface area contributed by atoms with Crippen LogP contribution in [0.3, 0.4) is 0 Å². The molecule has 0 aromatic rings. The van der Waals surface area contributed by atoms with Crippen molar-refractivity contribution in [2.75, 3.05) is 18.1 Å². The molecule has 0 radical (unpaired) electrons. The van der Waals surface area contributed by atoms with E-state index < -0.39 is 0 Å². The Kier molecular flexibility index (Phi) is 7.22. The molecule has 2 heteroatoms. The normalized spacial score (nSPS) is 19.6.